The van der Waals surface area contributed by atoms with Gasteiger partial charge in [-0.3, -0.25) is 9.59 Å². The summed E-state index contributed by atoms with van der Waals surface area (Å²) in [4.78, 5) is 25.3. The second-order valence-electron chi connectivity index (χ2n) is 4.50. The zero-order valence-corrected chi connectivity index (χ0v) is 12.0. The van der Waals surface area contributed by atoms with Crippen LogP contribution < -0.4 is 5.32 Å². The van der Waals surface area contributed by atoms with E-state index in [0.29, 0.717) is 12.3 Å². The predicted molar refractivity (Wildman–Crippen MR) is 76.8 cm³/mol. The molecule has 1 fully saturated rings. The van der Waals surface area contributed by atoms with Crippen LogP contribution in [-0.2, 0) is 9.59 Å². The van der Waals surface area contributed by atoms with E-state index < -0.39 is 0 Å². The van der Waals surface area contributed by atoms with Gasteiger partial charge in [0.05, 0.1) is 5.75 Å². The number of carbonyl (C=O) groups excluding carboxylic acids is 2. The number of nitrogens with zero attached hydrogens (tertiary/aromatic N) is 1. The Morgan fingerprint density at radius 1 is 1.47 bits per heavy atom. The van der Waals surface area contributed by atoms with Crippen molar-refractivity contribution in [3.05, 3.63) is 35.4 Å². The average molecular weight is 278 g/mol. The highest BCUT2D eigenvalue weighted by molar-refractivity contribution is 8.00. The first-order chi connectivity index (χ1) is 9.13. The number of benzene rings is 1. The van der Waals surface area contributed by atoms with E-state index in [4.69, 9.17) is 0 Å². The third-order valence-electron chi connectivity index (χ3n) is 3.11. The van der Waals surface area contributed by atoms with Crippen molar-refractivity contribution in [3.8, 4) is 0 Å². The zero-order chi connectivity index (χ0) is 13.8. The van der Waals surface area contributed by atoms with Crippen LogP contribution in [0.25, 0.3) is 0 Å². The van der Waals surface area contributed by atoms with E-state index in [1.807, 2.05) is 38.1 Å². The van der Waals surface area contributed by atoms with Crippen LogP contribution in [0.4, 0.5) is 0 Å². The smallest absolute Gasteiger partial charge is 0.239 e. The molecule has 0 bridgehead atoms. The largest absolute Gasteiger partial charge is 0.355 e. The topological polar surface area (TPSA) is 49.4 Å². The number of amides is 2. The first-order valence-corrected chi connectivity index (χ1v) is 7.41. The molecular weight excluding hydrogens is 260 g/mol. The number of rotatable bonds is 4. The van der Waals surface area contributed by atoms with Crippen LogP contribution in [0.3, 0.4) is 0 Å². The van der Waals surface area contributed by atoms with Crippen LogP contribution in [0, 0.1) is 6.92 Å². The van der Waals surface area contributed by atoms with Crippen molar-refractivity contribution in [2.24, 2.45) is 0 Å². The molecule has 1 aliphatic rings. The monoisotopic (exact) mass is 278 g/mol. The summed E-state index contributed by atoms with van der Waals surface area (Å²) in [6, 6.07) is 8.00. The Labute approximate surface area is 117 Å². The molecule has 0 aliphatic carbocycles. The number of hydrogen-bond acceptors (Lipinski definition) is 3. The molecule has 4 nitrogen and oxygen atoms in total. The van der Waals surface area contributed by atoms with E-state index in [9.17, 15) is 9.59 Å². The summed E-state index contributed by atoms with van der Waals surface area (Å²) in [6.45, 7) is 4.63. The number of carbonyl (C=O) groups is 2. The zero-order valence-electron chi connectivity index (χ0n) is 11.2. The predicted octanol–water partition coefficient (Wildman–Crippen LogP) is 1.71. The molecule has 2 rings (SSSR count). The minimum Gasteiger partial charge on any atom is -0.355 e. The molecule has 0 radical (unpaired) electrons. The van der Waals surface area contributed by atoms with E-state index >= 15 is 0 Å². The molecule has 0 spiro atoms. The van der Waals surface area contributed by atoms with Gasteiger partial charge in [-0.05, 0) is 25.0 Å². The maximum Gasteiger partial charge on any atom is 0.239 e. The fraction of sp³-hybridized carbons (Fsp3) is 0.429. The molecule has 1 heterocycles. The van der Waals surface area contributed by atoms with Crippen LogP contribution in [0.2, 0.25) is 0 Å². The molecule has 5 heteroatoms. The number of hydrogen-bond donors (Lipinski definition) is 1. The second kappa shape index (κ2) is 6.10. The van der Waals surface area contributed by atoms with Gasteiger partial charge in [-0.2, -0.15) is 0 Å². The summed E-state index contributed by atoms with van der Waals surface area (Å²) in [7, 11) is 0. The molecule has 1 atom stereocenters. The third-order valence-corrected chi connectivity index (χ3v) is 4.35. The Balaban J connectivity index is 2.18. The first kappa shape index (κ1) is 13.9. The number of aryl methyl sites for hydroxylation is 1. The normalized spacial score (nSPS) is 18.7. The fourth-order valence-electron chi connectivity index (χ4n) is 2.15. The van der Waals surface area contributed by atoms with Crippen molar-refractivity contribution in [2.75, 3.05) is 18.8 Å². The molecule has 1 N–H and O–H groups in total. The van der Waals surface area contributed by atoms with Gasteiger partial charge in [0.25, 0.3) is 0 Å². The molecule has 1 saturated heterocycles. The highest BCUT2D eigenvalue weighted by atomic mass is 32.2. The summed E-state index contributed by atoms with van der Waals surface area (Å²) in [5, 5.41) is 2.69. The Morgan fingerprint density at radius 3 is 2.89 bits per heavy atom. The summed E-state index contributed by atoms with van der Waals surface area (Å²) in [5.41, 5.74) is 2.26. The van der Waals surface area contributed by atoms with Crippen LogP contribution >= 0.6 is 11.8 Å². The molecule has 102 valence electrons. The van der Waals surface area contributed by atoms with Crippen molar-refractivity contribution in [1.29, 1.82) is 0 Å². The van der Waals surface area contributed by atoms with Gasteiger partial charge in [0, 0.05) is 6.54 Å². The van der Waals surface area contributed by atoms with Crippen molar-refractivity contribution in [2.45, 2.75) is 19.2 Å². The van der Waals surface area contributed by atoms with Gasteiger partial charge in [0.2, 0.25) is 11.8 Å². The lowest BCUT2D eigenvalue weighted by Crippen LogP contribution is -2.39. The van der Waals surface area contributed by atoms with E-state index in [0.717, 1.165) is 11.1 Å². The Bertz CT molecular complexity index is 490. The minimum absolute atomic E-state index is 0.0320. The molecule has 0 aromatic heterocycles. The van der Waals surface area contributed by atoms with Gasteiger partial charge in [-0.1, -0.05) is 24.3 Å². The molecule has 0 saturated carbocycles. The molecule has 2 amide bonds. The molecular formula is C14H18N2O2S. The van der Waals surface area contributed by atoms with Crippen LogP contribution in [0.1, 0.15) is 23.4 Å². The molecule has 1 aromatic carbocycles. The third kappa shape index (κ3) is 3.10. The highest BCUT2D eigenvalue weighted by Crippen LogP contribution is 2.39. The fourth-order valence-corrected chi connectivity index (χ4v) is 3.44. The number of likely N-dealkylation sites (N-methyl/N-ethyl adjacent to an activating group) is 1. The Hall–Kier alpha value is -1.49. The van der Waals surface area contributed by atoms with Crippen LogP contribution in [-0.4, -0.2) is 35.6 Å². The summed E-state index contributed by atoms with van der Waals surface area (Å²) in [5.74, 6) is 0.375. The quantitative estimate of drug-likeness (QED) is 0.912. The summed E-state index contributed by atoms with van der Waals surface area (Å²) >= 11 is 1.58. The minimum atomic E-state index is -0.100. The maximum absolute atomic E-state index is 11.9. The van der Waals surface area contributed by atoms with Crippen molar-refractivity contribution in [1.82, 2.24) is 10.2 Å². The van der Waals surface area contributed by atoms with Gasteiger partial charge >= 0.3 is 0 Å². The average Bonchev–Trinajstić information content (AvgIpc) is 2.72. The second-order valence-corrected chi connectivity index (χ2v) is 5.56. The van der Waals surface area contributed by atoms with Crippen molar-refractivity contribution in [3.63, 3.8) is 0 Å². The lowest BCUT2D eigenvalue weighted by molar-refractivity contribution is -0.133. The lowest BCUT2D eigenvalue weighted by Gasteiger charge is -2.24. The Kier molecular flexibility index (Phi) is 4.47. The van der Waals surface area contributed by atoms with E-state index in [1.54, 1.807) is 16.7 Å². The van der Waals surface area contributed by atoms with Gasteiger partial charge < -0.3 is 10.2 Å². The first-order valence-electron chi connectivity index (χ1n) is 6.36. The maximum atomic E-state index is 11.9. The van der Waals surface area contributed by atoms with Crippen LogP contribution in [0.15, 0.2) is 24.3 Å². The van der Waals surface area contributed by atoms with Gasteiger partial charge in [-0.15, -0.1) is 11.8 Å². The van der Waals surface area contributed by atoms with E-state index in [1.165, 1.54) is 0 Å². The van der Waals surface area contributed by atoms with Crippen LogP contribution in [0.5, 0.6) is 0 Å². The van der Waals surface area contributed by atoms with Crippen molar-refractivity contribution < 1.29 is 9.59 Å². The van der Waals surface area contributed by atoms with Crippen molar-refractivity contribution >= 4 is 23.6 Å². The van der Waals surface area contributed by atoms with E-state index in [2.05, 4.69) is 5.32 Å². The SMILES string of the molecule is CCNC(=O)CN1C(=O)CSC1c1ccccc1C. The van der Waals surface area contributed by atoms with Gasteiger partial charge in [0.15, 0.2) is 0 Å². The molecule has 1 unspecified atom stereocenters. The Morgan fingerprint density at radius 2 is 2.21 bits per heavy atom. The van der Waals surface area contributed by atoms with Gasteiger partial charge in [-0.25, -0.2) is 0 Å². The number of thioether (sulfide) groups is 1. The number of nitrogens with one attached hydrogen (secondary N) is 1. The highest BCUT2D eigenvalue weighted by Gasteiger charge is 2.34. The molecule has 19 heavy (non-hydrogen) atoms. The lowest BCUT2D eigenvalue weighted by atomic mass is 10.1. The summed E-state index contributed by atoms with van der Waals surface area (Å²) in [6.07, 6.45) is 0. The van der Waals surface area contributed by atoms with Gasteiger partial charge in [0.1, 0.15) is 11.9 Å². The van der Waals surface area contributed by atoms with E-state index in [-0.39, 0.29) is 23.7 Å². The molecule has 1 aliphatic heterocycles. The molecule has 1 aromatic rings. The standard InChI is InChI=1S/C14H18N2O2S/c1-3-15-12(17)8-16-13(18)9-19-14(16)11-7-5-4-6-10(11)2/h4-7,14H,3,8-9H2,1-2H3,(H,15,17). The summed E-state index contributed by atoms with van der Waals surface area (Å²) < 4.78 is 0.